The second kappa shape index (κ2) is 6.22. The maximum atomic E-state index is 8.83. The summed E-state index contributed by atoms with van der Waals surface area (Å²) in [6.45, 7) is 4.28. The second-order valence-electron chi connectivity index (χ2n) is 4.97. The van der Waals surface area contributed by atoms with E-state index in [0.717, 1.165) is 29.7 Å². The molecule has 1 fully saturated rings. The van der Waals surface area contributed by atoms with Crippen LogP contribution in [0.15, 0.2) is 18.2 Å². The second-order valence-corrected chi connectivity index (χ2v) is 5.38. The van der Waals surface area contributed by atoms with Gasteiger partial charge in [-0.25, -0.2) is 0 Å². The Bertz CT molecular complexity index is 446. The Hall–Kier alpha value is -1.04. The van der Waals surface area contributed by atoms with E-state index >= 15 is 0 Å². The Labute approximate surface area is 114 Å². The SMILES string of the molecule is CCCCN(Cc1ccc(C#N)cc1Cl)C1CC1. The Kier molecular flexibility index (Phi) is 4.63. The maximum absolute atomic E-state index is 8.83. The van der Waals surface area contributed by atoms with E-state index in [4.69, 9.17) is 16.9 Å². The number of rotatable bonds is 6. The molecule has 1 aromatic carbocycles. The number of hydrogen-bond donors (Lipinski definition) is 0. The van der Waals surface area contributed by atoms with Crippen molar-refractivity contribution in [3.8, 4) is 6.07 Å². The largest absolute Gasteiger partial charge is 0.296 e. The van der Waals surface area contributed by atoms with Crippen LogP contribution >= 0.6 is 11.6 Å². The van der Waals surface area contributed by atoms with Gasteiger partial charge in [-0.3, -0.25) is 4.90 Å². The first-order valence-electron chi connectivity index (χ1n) is 6.67. The minimum Gasteiger partial charge on any atom is -0.296 e. The number of benzene rings is 1. The average Bonchev–Trinajstić information content (AvgIpc) is 3.20. The molecule has 0 heterocycles. The van der Waals surface area contributed by atoms with Crippen LogP contribution in [-0.2, 0) is 6.54 Å². The first-order chi connectivity index (χ1) is 8.74. The summed E-state index contributed by atoms with van der Waals surface area (Å²) in [6.07, 6.45) is 5.10. The predicted molar refractivity (Wildman–Crippen MR) is 74.5 cm³/mol. The van der Waals surface area contributed by atoms with Crippen LogP contribution in [0.5, 0.6) is 0 Å². The minimum atomic E-state index is 0.635. The van der Waals surface area contributed by atoms with Crippen molar-refractivity contribution in [1.82, 2.24) is 4.90 Å². The number of nitriles is 1. The van der Waals surface area contributed by atoms with E-state index in [1.54, 1.807) is 6.07 Å². The molecular formula is C15H19ClN2. The lowest BCUT2D eigenvalue weighted by Gasteiger charge is -2.22. The van der Waals surface area contributed by atoms with E-state index in [9.17, 15) is 0 Å². The van der Waals surface area contributed by atoms with E-state index in [1.165, 1.54) is 25.7 Å². The Morgan fingerprint density at radius 1 is 1.44 bits per heavy atom. The summed E-state index contributed by atoms with van der Waals surface area (Å²) in [7, 11) is 0. The molecule has 0 spiro atoms. The molecule has 18 heavy (non-hydrogen) atoms. The van der Waals surface area contributed by atoms with Crippen molar-refractivity contribution in [2.45, 2.75) is 45.2 Å². The van der Waals surface area contributed by atoms with Crippen LogP contribution in [0.25, 0.3) is 0 Å². The Morgan fingerprint density at radius 3 is 2.78 bits per heavy atom. The number of hydrogen-bond acceptors (Lipinski definition) is 2. The van der Waals surface area contributed by atoms with Gasteiger partial charge in [0, 0.05) is 17.6 Å². The molecule has 0 unspecified atom stereocenters. The fourth-order valence-corrected chi connectivity index (χ4v) is 2.40. The van der Waals surface area contributed by atoms with Gasteiger partial charge in [0.05, 0.1) is 11.6 Å². The van der Waals surface area contributed by atoms with E-state index < -0.39 is 0 Å². The lowest BCUT2D eigenvalue weighted by Crippen LogP contribution is -2.26. The highest BCUT2D eigenvalue weighted by molar-refractivity contribution is 6.31. The molecule has 1 aromatic rings. The van der Waals surface area contributed by atoms with Gasteiger partial charge in [-0.15, -0.1) is 0 Å². The highest BCUT2D eigenvalue weighted by Gasteiger charge is 2.28. The molecule has 1 aliphatic rings. The van der Waals surface area contributed by atoms with Crippen molar-refractivity contribution < 1.29 is 0 Å². The van der Waals surface area contributed by atoms with Gasteiger partial charge in [-0.05, 0) is 43.5 Å². The van der Waals surface area contributed by atoms with Gasteiger partial charge in [-0.1, -0.05) is 31.0 Å². The zero-order chi connectivity index (χ0) is 13.0. The van der Waals surface area contributed by atoms with Crippen molar-refractivity contribution in [2.75, 3.05) is 6.54 Å². The lowest BCUT2D eigenvalue weighted by atomic mass is 10.1. The summed E-state index contributed by atoms with van der Waals surface area (Å²) in [5.41, 5.74) is 1.77. The van der Waals surface area contributed by atoms with Gasteiger partial charge < -0.3 is 0 Å². The minimum absolute atomic E-state index is 0.635. The fraction of sp³-hybridized carbons (Fsp3) is 0.533. The van der Waals surface area contributed by atoms with Gasteiger partial charge in [0.15, 0.2) is 0 Å². The highest BCUT2D eigenvalue weighted by atomic mass is 35.5. The van der Waals surface area contributed by atoms with Gasteiger partial charge in [0.1, 0.15) is 0 Å². The number of halogens is 1. The number of nitrogens with zero attached hydrogens (tertiary/aromatic N) is 2. The molecule has 2 rings (SSSR count). The first kappa shape index (κ1) is 13.4. The van der Waals surface area contributed by atoms with Crippen LogP contribution in [0.3, 0.4) is 0 Å². The third kappa shape index (κ3) is 3.48. The highest BCUT2D eigenvalue weighted by Crippen LogP contribution is 2.30. The van der Waals surface area contributed by atoms with E-state index in [1.807, 2.05) is 12.1 Å². The van der Waals surface area contributed by atoms with Crippen molar-refractivity contribution in [1.29, 1.82) is 5.26 Å². The van der Waals surface area contributed by atoms with Crippen LogP contribution in [-0.4, -0.2) is 17.5 Å². The summed E-state index contributed by atoms with van der Waals surface area (Å²) in [5, 5.41) is 9.55. The summed E-state index contributed by atoms with van der Waals surface area (Å²) in [6, 6.07) is 8.48. The van der Waals surface area contributed by atoms with Crippen molar-refractivity contribution in [3.05, 3.63) is 34.3 Å². The molecule has 0 bridgehead atoms. The molecule has 2 nitrogen and oxygen atoms in total. The molecule has 3 heteroatoms. The molecular weight excluding hydrogens is 244 g/mol. The van der Waals surface area contributed by atoms with Gasteiger partial charge in [-0.2, -0.15) is 5.26 Å². The first-order valence-corrected chi connectivity index (χ1v) is 7.05. The third-order valence-corrected chi connectivity index (χ3v) is 3.77. The molecule has 96 valence electrons. The van der Waals surface area contributed by atoms with Crippen molar-refractivity contribution in [3.63, 3.8) is 0 Å². The van der Waals surface area contributed by atoms with Crippen molar-refractivity contribution in [2.24, 2.45) is 0 Å². The Morgan fingerprint density at radius 2 is 2.22 bits per heavy atom. The molecule has 0 atom stereocenters. The third-order valence-electron chi connectivity index (χ3n) is 3.42. The van der Waals surface area contributed by atoms with Crippen LogP contribution in [0.2, 0.25) is 5.02 Å². The van der Waals surface area contributed by atoms with Crippen LogP contribution in [0.1, 0.15) is 43.7 Å². The smallest absolute Gasteiger partial charge is 0.0992 e. The normalized spacial score (nSPS) is 14.8. The Balaban J connectivity index is 2.04. The molecule has 0 saturated heterocycles. The van der Waals surface area contributed by atoms with Crippen LogP contribution in [0, 0.1) is 11.3 Å². The topological polar surface area (TPSA) is 27.0 Å². The van der Waals surface area contributed by atoms with Gasteiger partial charge in [0.25, 0.3) is 0 Å². The maximum Gasteiger partial charge on any atom is 0.0992 e. The predicted octanol–water partition coefficient (Wildman–Crippen LogP) is 3.98. The van der Waals surface area contributed by atoms with Crippen LogP contribution in [0.4, 0.5) is 0 Å². The standard InChI is InChI=1S/C15H19ClN2/c1-2-3-8-18(14-6-7-14)11-13-5-4-12(10-17)9-15(13)16/h4-5,9,14H,2-3,6-8,11H2,1H3. The van der Waals surface area contributed by atoms with E-state index in [2.05, 4.69) is 17.9 Å². The lowest BCUT2D eigenvalue weighted by molar-refractivity contribution is 0.251. The zero-order valence-corrected chi connectivity index (χ0v) is 11.6. The summed E-state index contributed by atoms with van der Waals surface area (Å²) in [4.78, 5) is 2.52. The molecule has 0 aromatic heterocycles. The molecule has 0 amide bonds. The van der Waals surface area contributed by atoms with Gasteiger partial charge >= 0.3 is 0 Å². The van der Waals surface area contributed by atoms with Crippen LogP contribution < -0.4 is 0 Å². The van der Waals surface area contributed by atoms with E-state index in [0.29, 0.717) is 5.56 Å². The quantitative estimate of drug-likeness (QED) is 0.775. The van der Waals surface area contributed by atoms with Gasteiger partial charge in [0.2, 0.25) is 0 Å². The summed E-state index contributed by atoms with van der Waals surface area (Å²) in [5.74, 6) is 0. The molecule has 0 N–H and O–H groups in total. The molecule has 1 aliphatic carbocycles. The number of unbranched alkanes of at least 4 members (excludes halogenated alkanes) is 1. The average molecular weight is 263 g/mol. The molecule has 0 aliphatic heterocycles. The monoisotopic (exact) mass is 262 g/mol. The zero-order valence-electron chi connectivity index (χ0n) is 10.8. The molecule has 0 radical (unpaired) electrons. The summed E-state index contributed by atoms with van der Waals surface area (Å²) < 4.78 is 0. The fourth-order valence-electron chi connectivity index (χ4n) is 2.16. The van der Waals surface area contributed by atoms with E-state index in [-0.39, 0.29) is 0 Å². The molecule has 1 saturated carbocycles. The van der Waals surface area contributed by atoms with Crippen molar-refractivity contribution >= 4 is 11.6 Å². The summed E-state index contributed by atoms with van der Waals surface area (Å²) >= 11 is 6.23.